The van der Waals surface area contributed by atoms with Crippen molar-refractivity contribution in [2.24, 2.45) is 0 Å². The molecule has 2 aromatic rings. The van der Waals surface area contributed by atoms with Crippen LogP contribution in [0.1, 0.15) is 70.4 Å². The quantitative estimate of drug-likeness (QED) is 0.508. The van der Waals surface area contributed by atoms with Gasteiger partial charge in [-0.2, -0.15) is 0 Å². The van der Waals surface area contributed by atoms with Crippen molar-refractivity contribution >= 4 is 5.91 Å². The Morgan fingerprint density at radius 1 is 0.840 bits per heavy atom. The standard InChI is InChI=1S/C23H31NO/c1-3-4-5-6-7-11-14-23(25)24-19(2)20-15-17-22(18-16-20)21-12-9-8-10-13-21/h8-10,12-13,15-19H,3-7,11,14H2,1-2H3,(H,24,25). The molecule has 134 valence electrons. The third-order valence-electron chi connectivity index (χ3n) is 4.65. The summed E-state index contributed by atoms with van der Waals surface area (Å²) in [5.41, 5.74) is 3.57. The van der Waals surface area contributed by atoms with Gasteiger partial charge >= 0.3 is 0 Å². The molecule has 0 heterocycles. The Morgan fingerprint density at radius 2 is 1.44 bits per heavy atom. The molecule has 1 atom stereocenters. The first kappa shape index (κ1) is 19.2. The van der Waals surface area contributed by atoms with Crippen molar-refractivity contribution in [1.82, 2.24) is 5.32 Å². The highest BCUT2D eigenvalue weighted by Gasteiger charge is 2.09. The summed E-state index contributed by atoms with van der Waals surface area (Å²) in [4.78, 5) is 12.1. The molecule has 1 amide bonds. The van der Waals surface area contributed by atoms with E-state index >= 15 is 0 Å². The summed E-state index contributed by atoms with van der Waals surface area (Å²) in [7, 11) is 0. The number of benzene rings is 2. The zero-order valence-electron chi connectivity index (χ0n) is 15.6. The molecule has 1 unspecified atom stereocenters. The van der Waals surface area contributed by atoms with E-state index in [2.05, 4.69) is 55.6 Å². The molecule has 0 aliphatic rings. The van der Waals surface area contributed by atoms with Crippen LogP contribution in [0.5, 0.6) is 0 Å². The van der Waals surface area contributed by atoms with E-state index in [-0.39, 0.29) is 11.9 Å². The second-order valence-corrected chi connectivity index (χ2v) is 6.80. The molecule has 0 spiro atoms. The van der Waals surface area contributed by atoms with Crippen molar-refractivity contribution in [3.63, 3.8) is 0 Å². The lowest BCUT2D eigenvalue weighted by atomic mass is 10.0. The van der Waals surface area contributed by atoms with Gasteiger partial charge in [-0.1, -0.05) is 93.6 Å². The predicted octanol–water partition coefficient (Wildman–Crippen LogP) is 6.28. The lowest BCUT2D eigenvalue weighted by Gasteiger charge is -2.15. The summed E-state index contributed by atoms with van der Waals surface area (Å²) >= 11 is 0. The van der Waals surface area contributed by atoms with E-state index in [1.807, 2.05) is 18.2 Å². The van der Waals surface area contributed by atoms with Crippen LogP contribution in [0.25, 0.3) is 11.1 Å². The minimum absolute atomic E-state index is 0.0532. The van der Waals surface area contributed by atoms with E-state index in [0.29, 0.717) is 6.42 Å². The molecule has 0 aliphatic carbocycles. The fourth-order valence-corrected chi connectivity index (χ4v) is 3.06. The molecule has 1 N–H and O–H groups in total. The summed E-state index contributed by atoms with van der Waals surface area (Å²) in [5, 5.41) is 3.12. The van der Waals surface area contributed by atoms with E-state index in [9.17, 15) is 4.79 Å². The van der Waals surface area contributed by atoms with Crippen LogP contribution in [0.4, 0.5) is 0 Å². The number of hydrogen-bond donors (Lipinski definition) is 1. The molecule has 0 saturated carbocycles. The van der Waals surface area contributed by atoms with E-state index in [1.54, 1.807) is 0 Å². The SMILES string of the molecule is CCCCCCCCC(=O)NC(C)c1ccc(-c2ccccc2)cc1. The minimum atomic E-state index is 0.0532. The summed E-state index contributed by atoms with van der Waals surface area (Å²) in [6.45, 7) is 4.28. The first-order chi connectivity index (χ1) is 12.2. The average Bonchev–Trinajstić information content (AvgIpc) is 2.65. The molecular weight excluding hydrogens is 306 g/mol. The van der Waals surface area contributed by atoms with Gasteiger partial charge in [-0.15, -0.1) is 0 Å². The first-order valence-corrected chi connectivity index (χ1v) is 9.65. The van der Waals surface area contributed by atoms with Crippen molar-refractivity contribution in [3.05, 3.63) is 60.2 Å². The van der Waals surface area contributed by atoms with Gasteiger partial charge in [-0.05, 0) is 30.0 Å². The number of hydrogen-bond acceptors (Lipinski definition) is 1. The van der Waals surface area contributed by atoms with Gasteiger partial charge in [0.05, 0.1) is 6.04 Å². The largest absolute Gasteiger partial charge is 0.350 e. The van der Waals surface area contributed by atoms with Gasteiger partial charge in [0, 0.05) is 6.42 Å². The molecule has 2 heteroatoms. The van der Waals surface area contributed by atoms with Crippen molar-refractivity contribution in [2.75, 3.05) is 0 Å². The normalized spacial score (nSPS) is 11.9. The van der Waals surface area contributed by atoms with E-state index < -0.39 is 0 Å². The van der Waals surface area contributed by atoms with E-state index in [4.69, 9.17) is 0 Å². The molecule has 0 fully saturated rings. The Balaban J connectivity index is 1.76. The van der Waals surface area contributed by atoms with Gasteiger partial charge in [0.25, 0.3) is 0 Å². The van der Waals surface area contributed by atoms with Crippen molar-refractivity contribution in [1.29, 1.82) is 0 Å². The molecule has 2 aromatic carbocycles. The second kappa shape index (κ2) is 10.7. The molecule has 0 aromatic heterocycles. The summed E-state index contributed by atoms with van der Waals surface area (Å²) in [6, 6.07) is 18.9. The van der Waals surface area contributed by atoms with Gasteiger partial charge in [0.2, 0.25) is 5.91 Å². The maximum Gasteiger partial charge on any atom is 0.220 e. The van der Waals surface area contributed by atoms with Gasteiger partial charge < -0.3 is 5.32 Å². The molecule has 25 heavy (non-hydrogen) atoms. The number of nitrogens with one attached hydrogen (secondary N) is 1. The fourth-order valence-electron chi connectivity index (χ4n) is 3.06. The van der Waals surface area contributed by atoms with Crippen LogP contribution in [-0.2, 0) is 4.79 Å². The van der Waals surface area contributed by atoms with Crippen molar-refractivity contribution < 1.29 is 4.79 Å². The van der Waals surface area contributed by atoms with Crippen LogP contribution in [0.15, 0.2) is 54.6 Å². The van der Waals surface area contributed by atoms with Crippen molar-refractivity contribution in [3.8, 4) is 11.1 Å². The summed E-state index contributed by atoms with van der Waals surface area (Å²) in [6.07, 6.45) is 7.91. The zero-order chi connectivity index (χ0) is 17.9. The fraction of sp³-hybridized carbons (Fsp3) is 0.435. The molecular formula is C23H31NO. The van der Waals surface area contributed by atoms with Crippen LogP contribution in [0.3, 0.4) is 0 Å². The topological polar surface area (TPSA) is 29.1 Å². The smallest absolute Gasteiger partial charge is 0.220 e. The van der Waals surface area contributed by atoms with Crippen LogP contribution < -0.4 is 5.32 Å². The highest BCUT2D eigenvalue weighted by atomic mass is 16.1. The maximum absolute atomic E-state index is 12.1. The number of amides is 1. The lowest BCUT2D eigenvalue weighted by molar-refractivity contribution is -0.121. The first-order valence-electron chi connectivity index (χ1n) is 9.65. The monoisotopic (exact) mass is 337 g/mol. The second-order valence-electron chi connectivity index (χ2n) is 6.80. The molecule has 0 aliphatic heterocycles. The Kier molecular flexibility index (Phi) is 8.24. The van der Waals surface area contributed by atoms with E-state index in [1.165, 1.54) is 36.8 Å². The van der Waals surface area contributed by atoms with Gasteiger partial charge in [-0.3, -0.25) is 4.79 Å². The Bertz CT molecular complexity index is 618. The highest BCUT2D eigenvalue weighted by molar-refractivity contribution is 5.76. The zero-order valence-corrected chi connectivity index (χ0v) is 15.6. The van der Waals surface area contributed by atoms with Gasteiger partial charge in [0.15, 0.2) is 0 Å². The third kappa shape index (κ3) is 6.74. The van der Waals surface area contributed by atoms with Crippen molar-refractivity contribution in [2.45, 2.75) is 64.8 Å². The van der Waals surface area contributed by atoms with Crippen LogP contribution in [-0.4, -0.2) is 5.91 Å². The molecule has 0 bridgehead atoms. The highest BCUT2D eigenvalue weighted by Crippen LogP contribution is 2.21. The number of unbranched alkanes of at least 4 members (excludes halogenated alkanes) is 5. The Labute approximate surface area is 152 Å². The summed E-state index contributed by atoms with van der Waals surface area (Å²) < 4.78 is 0. The average molecular weight is 338 g/mol. The lowest BCUT2D eigenvalue weighted by Crippen LogP contribution is -2.26. The van der Waals surface area contributed by atoms with Crippen LogP contribution >= 0.6 is 0 Å². The summed E-state index contributed by atoms with van der Waals surface area (Å²) in [5.74, 6) is 0.162. The molecule has 0 saturated heterocycles. The number of carbonyl (C=O) groups excluding carboxylic acids is 1. The van der Waals surface area contributed by atoms with Gasteiger partial charge in [0.1, 0.15) is 0 Å². The third-order valence-corrected chi connectivity index (χ3v) is 4.65. The predicted molar refractivity (Wildman–Crippen MR) is 106 cm³/mol. The van der Waals surface area contributed by atoms with Gasteiger partial charge in [-0.25, -0.2) is 0 Å². The van der Waals surface area contributed by atoms with Crippen LogP contribution in [0.2, 0.25) is 0 Å². The Morgan fingerprint density at radius 3 is 2.12 bits per heavy atom. The Hall–Kier alpha value is -2.09. The number of carbonyl (C=O) groups is 1. The molecule has 0 radical (unpaired) electrons. The number of rotatable bonds is 10. The molecule has 2 nitrogen and oxygen atoms in total. The molecule has 2 rings (SSSR count). The van der Waals surface area contributed by atoms with Crippen LogP contribution in [0, 0.1) is 0 Å². The minimum Gasteiger partial charge on any atom is -0.350 e. The maximum atomic E-state index is 12.1. The van der Waals surface area contributed by atoms with E-state index in [0.717, 1.165) is 18.4 Å².